The Morgan fingerprint density at radius 3 is 2.50 bits per heavy atom. The molecule has 0 nitrogen and oxygen atoms in total. The highest BCUT2D eigenvalue weighted by atomic mass is 35.5. The van der Waals surface area contributed by atoms with E-state index in [0.29, 0.717) is 5.38 Å². The number of hydrogen-bond acceptors (Lipinski definition) is 0. The quantitative estimate of drug-likeness (QED) is 0.624. The molecule has 1 unspecified atom stereocenters. The Bertz CT molecular complexity index is 206. The third-order valence-corrected chi connectivity index (χ3v) is 2.27. The summed E-state index contributed by atoms with van der Waals surface area (Å²) in [5.41, 5.74) is 1.34. The summed E-state index contributed by atoms with van der Waals surface area (Å²) in [6.07, 6.45) is 3.27. The summed E-state index contributed by atoms with van der Waals surface area (Å²) in [6, 6.07) is 10.4. The van der Waals surface area contributed by atoms with Crippen molar-refractivity contribution in [2.75, 3.05) is 0 Å². The number of rotatable bonds is 4. The first kappa shape index (κ1) is 9.60. The van der Waals surface area contributed by atoms with Crippen molar-refractivity contribution in [3.63, 3.8) is 0 Å². The zero-order valence-electron chi connectivity index (χ0n) is 7.46. The van der Waals surface area contributed by atoms with Crippen LogP contribution in [0.25, 0.3) is 0 Å². The van der Waals surface area contributed by atoms with Gasteiger partial charge in [0.15, 0.2) is 0 Å². The van der Waals surface area contributed by atoms with Crippen LogP contribution in [0.15, 0.2) is 30.3 Å². The van der Waals surface area contributed by atoms with E-state index in [9.17, 15) is 0 Å². The molecule has 0 aliphatic rings. The maximum Gasteiger partial charge on any atom is 0.0376 e. The molecule has 0 aliphatic heterocycles. The molecular formula is C11H15Cl. The standard InChI is InChI=1S/C11H15Cl/c1-2-6-11(12)9-10-7-4-3-5-8-10/h3-5,7-8,11H,2,6,9H2,1H3. The summed E-state index contributed by atoms with van der Waals surface area (Å²) < 4.78 is 0. The minimum atomic E-state index is 0.303. The summed E-state index contributed by atoms with van der Waals surface area (Å²) in [5.74, 6) is 0. The maximum absolute atomic E-state index is 6.12. The van der Waals surface area contributed by atoms with Gasteiger partial charge in [-0.1, -0.05) is 43.7 Å². The lowest BCUT2D eigenvalue weighted by Gasteiger charge is -2.06. The molecule has 1 rings (SSSR count). The van der Waals surface area contributed by atoms with Gasteiger partial charge in [-0.2, -0.15) is 0 Å². The number of hydrogen-bond donors (Lipinski definition) is 0. The van der Waals surface area contributed by atoms with Crippen LogP contribution in [0.5, 0.6) is 0 Å². The lowest BCUT2D eigenvalue weighted by Crippen LogP contribution is -2.01. The maximum atomic E-state index is 6.12. The van der Waals surface area contributed by atoms with Crippen LogP contribution >= 0.6 is 11.6 Å². The lowest BCUT2D eigenvalue weighted by molar-refractivity contribution is 0.726. The molecule has 0 saturated heterocycles. The molecule has 0 bridgehead atoms. The van der Waals surface area contributed by atoms with E-state index in [2.05, 4.69) is 31.2 Å². The molecule has 66 valence electrons. The molecule has 0 aromatic heterocycles. The molecule has 0 saturated carbocycles. The number of benzene rings is 1. The molecular weight excluding hydrogens is 168 g/mol. The molecule has 12 heavy (non-hydrogen) atoms. The van der Waals surface area contributed by atoms with Crippen LogP contribution in [-0.4, -0.2) is 5.38 Å². The van der Waals surface area contributed by atoms with Gasteiger partial charge >= 0.3 is 0 Å². The van der Waals surface area contributed by atoms with E-state index in [4.69, 9.17) is 11.6 Å². The van der Waals surface area contributed by atoms with Crippen molar-refractivity contribution in [1.82, 2.24) is 0 Å². The highest BCUT2D eigenvalue weighted by Gasteiger charge is 2.03. The zero-order chi connectivity index (χ0) is 8.81. The summed E-state index contributed by atoms with van der Waals surface area (Å²) in [6.45, 7) is 2.17. The van der Waals surface area contributed by atoms with Crippen molar-refractivity contribution in [3.8, 4) is 0 Å². The molecule has 0 radical (unpaired) electrons. The van der Waals surface area contributed by atoms with Crippen molar-refractivity contribution in [1.29, 1.82) is 0 Å². The van der Waals surface area contributed by atoms with Crippen molar-refractivity contribution in [2.45, 2.75) is 31.6 Å². The summed E-state index contributed by atoms with van der Waals surface area (Å²) in [5, 5.41) is 0.303. The second kappa shape index (κ2) is 5.21. The molecule has 0 amide bonds. The van der Waals surface area contributed by atoms with Crippen LogP contribution < -0.4 is 0 Å². The third kappa shape index (κ3) is 3.27. The van der Waals surface area contributed by atoms with Gasteiger partial charge in [-0.3, -0.25) is 0 Å². The summed E-state index contributed by atoms with van der Waals surface area (Å²) >= 11 is 6.12. The smallest absolute Gasteiger partial charge is 0.0376 e. The van der Waals surface area contributed by atoms with E-state index in [-0.39, 0.29) is 0 Å². The number of halogens is 1. The molecule has 0 spiro atoms. The van der Waals surface area contributed by atoms with Gasteiger partial charge in [0.05, 0.1) is 0 Å². The highest BCUT2D eigenvalue weighted by Crippen LogP contribution is 2.12. The SMILES string of the molecule is CCCC(Cl)Cc1ccccc1. The van der Waals surface area contributed by atoms with E-state index in [1.807, 2.05) is 6.07 Å². The van der Waals surface area contributed by atoms with Crippen molar-refractivity contribution in [2.24, 2.45) is 0 Å². The average Bonchev–Trinajstić information content (AvgIpc) is 2.06. The lowest BCUT2D eigenvalue weighted by atomic mass is 10.1. The molecule has 0 fully saturated rings. The molecule has 1 aromatic rings. The van der Waals surface area contributed by atoms with E-state index < -0.39 is 0 Å². The fourth-order valence-electron chi connectivity index (χ4n) is 1.29. The highest BCUT2D eigenvalue weighted by molar-refractivity contribution is 6.20. The van der Waals surface area contributed by atoms with Crippen LogP contribution in [-0.2, 0) is 6.42 Å². The molecule has 0 heterocycles. The van der Waals surface area contributed by atoms with E-state index in [1.165, 1.54) is 12.0 Å². The van der Waals surface area contributed by atoms with Crippen LogP contribution in [0.1, 0.15) is 25.3 Å². The van der Waals surface area contributed by atoms with Gasteiger partial charge in [-0.05, 0) is 18.4 Å². The Kier molecular flexibility index (Phi) is 4.16. The fraction of sp³-hybridized carbons (Fsp3) is 0.455. The van der Waals surface area contributed by atoms with Crippen LogP contribution in [0, 0.1) is 0 Å². The predicted molar refractivity (Wildman–Crippen MR) is 54.7 cm³/mol. The largest absolute Gasteiger partial charge is 0.123 e. The Labute approximate surface area is 79.6 Å². The van der Waals surface area contributed by atoms with E-state index >= 15 is 0 Å². The zero-order valence-corrected chi connectivity index (χ0v) is 8.22. The first-order chi connectivity index (χ1) is 5.83. The molecule has 0 N–H and O–H groups in total. The van der Waals surface area contributed by atoms with Gasteiger partial charge in [-0.25, -0.2) is 0 Å². The minimum Gasteiger partial charge on any atom is -0.123 e. The predicted octanol–water partition coefficient (Wildman–Crippen LogP) is 3.64. The van der Waals surface area contributed by atoms with Crippen LogP contribution in [0.4, 0.5) is 0 Å². The van der Waals surface area contributed by atoms with Crippen LogP contribution in [0.2, 0.25) is 0 Å². The van der Waals surface area contributed by atoms with Crippen molar-refractivity contribution < 1.29 is 0 Å². The second-order valence-electron chi connectivity index (χ2n) is 3.08. The Hall–Kier alpha value is -0.490. The van der Waals surface area contributed by atoms with Gasteiger partial charge in [0.1, 0.15) is 0 Å². The van der Waals surface area contributed by atoms with E-state index in [1.54, 1.807) is 0 Å². The third-order valence-electron chi connectivity index (χ3n) is 1.90. The summed E-state index contributed by atoms with van der Waals surface area (Å²) in [4.78, 5) is 0. The Morgan fingerprint density at radius 2 is 1.92 bits per heavy atom. The van der Waals surface area contributed by atoms with Gasteiger partial charge in [0, 0.05) is 5.38 Å². The van der Waals surface area contributed by atoms with Gasteiger partial charge in [0.2, 0.25) is 0 Å². The van der Waals surface area contributed by atoms with Crippen molar-refractivity contribution in [3.05, 3.63) is 35.9 Å². The fourth-order valence-corrected chi connectivity index (χ4v) is 1.68. The minimum absolute atomic E-state index is 0.303. The number of alkyl halides is 1. The van der Waals surface area contributed by atoms with Crippen LogP contribution in [0.3, 0.4) is 0 Å². The Morgan fingerprint density at radius 1 is 1.25 bits per heavy atom. The monoisotopic (exact) mass is 182 g/mol. The second-order valence-corrected chi connectivity index (χ2v) is 3.69. The molecule has 1 aromatic carbocycles. The normalized spacial score (nSPS) is 12.8. The molecule has 0 aliphatic carbocycles. The average molecular weight is 183 g/mol. The first-order valence-electron chi connectivity index (χ1n) is 4.51. The molecule has 1 heteroatoms. The van der Waals surface area contributed by atoms with E-state index in [0.717, 1.165) is 12.8 Å². The topological polar surface area (TPSA) is 0 Å². The van der Waals surface area contributed by atoms with Gasteiger partial charge < -0.3 is 0 Å². The Balaban J connectivity index is 2.41. The van der Waals surface area contributed by atoms with Gasteiger partial charge in [-0.15, -0.1) is 11.6 Å². The van der Waals surface area contributed by atoms with Gasteiger partial charge in [0.25, 0.3) is 0 Å². The molecule has 1 atom stereocenters. The summed E-state index contributed by atoms with van der Waals surface area (Å²) in [7, 11) is 0. The van der Waals surface area contributed by atoms with Crippen molar-refractivity contribution >= 4 is 11.6 Å². The first-order valence-corrected chi connectivity index (χ1v) is 4.94.